The van der Waals surface area contributed by atoms with E-state index in [-0.39, 0.29) is 105 Å². The Morgan fingerprint density at radius 3 is 1.38 bits per heavy atom. The molecule has 0 saturated heterocycles. The number of carbonyl (C=O) groups excluding carboxylic acids is 2. The van der Waals surface area contributed by atoms with Gasteiger partial charge in [-0.25, -0.2) is 34.7 Å². The number of aliphatic imine (C=N–C) groups is 1. The number of amidine groups is 1. The molecule has 12 rings (SSSR count). The van der Waals surface area contributed by atoms with Crippen molar-refractivity contribution in [1.82, 2.24) is 75.4 Å². The van der Waals surface area contributed by atoms with E-state index in [2.05, 4.69) is 85.7 Å². The molecule has 1 atom stereocenters. The number of pyridine rings is 3. The molecule has 2 amide bonds. The summed E-state index contributed by atoms with van der Waals surface area (Å²) in [5.74, 6) is 0.322. The number of fused-ring (bicyclic) bond motifs is 3. The lowest BCUT2D eigenvalue weighted by Gasteiger charge is -2.19. The maximum Gasteiger partial charge on any atom is 0.338 e. The highest BCUT2D eigenvalue weighted by Gasteiger charge is 2.28. The van der Waals surface area contributed by atoms with E-state index in [9.17, 15) is 43.5 Å². The number of anilines is 1. The van der Waals surface area contributed by atoms with Gasteiger partial charge in [0.25, 0.3) is 39.6 Å². The topological polar surface area (TPSA) is 461 Å². The third-order valence-corrected chi connectivity index (χ3v) is 14.9. The predicted molar refractivity (Wildman–Crippen MR) is 322 cm³/mol. The summed E-state index contributed by atoms with van der Waals surface area (Å²) >= 11 is 3.41. The Balaban J connectivity index is 0.000000147. The zero-order valence-electron chi connectivity index (χ0n) is 45.8. The number of nitrogens with two attached hydrogens (primary N) is 1. The third-order valence-electron chi connectivity index (χ3n) is 12.0. The van der Waals surface area contributed by atoms with Gasteiger partial charge in [0.2, 0.25) is 17.2 Å². The maximum absolute atomic E-state index is 12.6. The molecule has 31 nitrogen and oxygen atoms in total. The van der Waals surface area contributed by atoms with Crippen molar-refractivity contribution in [1.29, 1.82) is 0 Å². The highest BCUT2D eigenvalue weighted by atomic mass is 32.1. The minimum Gasteiger partial charge on any atom is -0.490 e. The quantitative estimate of drug-likeness (QED) is 0.0745. The molecule has 448 valence electrons. The number of aromatic nitrogens is 13. The Bertz CT molecular complexity index is 4480. The number of nitrogens with zero attached hydrogens (tertiary/aromatic N) is 9. The lowest BCUT2D eigenvalue weighted by Crippen LogP contribution is -2.25. The van der Waals surface area contributed by atoms with Gasteiger partial charge in [0, 0.05) is 34.7 Å². The summed E-state index contributed by atoms with van der Waals surface area (Å²) in [5.41, 5.74) is 6.48. The number of aromatic carboxylic acids is 1. The van der Waals surface area contributed by atoms with Crippen LogP contribution in [0.4, 0.5) is 5.69 Å². The minimum absolute atomic E-state index is 0.00824. The fourth-order valence-electron chi connectivity index (χ4n) is 7.74. The normalized spacial score (nSPS) is 12.1. The Labute approximate surface area is 503 Å². The van der Waals surface area contributed by atoms with Gasteiger partial charge in [0.05, 0.1) is 86.8 Å². The van der Waals surface area contributed by atoms with Crippen LogP contribution in [0.25, 0.3) is 43.5 Å². The molecule has 0 spiro atoms. The second-order valence-corrected chi connectivity index (χ2v) is 20.2. The van der Waals surface area contributed by atoms with Gasteiger partial charge in [-0.2, -0.15) is 0 Å². The minimum atomic E-state index is -1.06. The van der Waals surface area contributed by atoms with Crippen LogP contribution in [0.1, 0.15) is 65.3 Å². The Hall–Kier alpha value is -11.3. The van der Waals surface area contributed by atoms with Crippen LogP contribution in [0.15, 0.2) is 137 Å². The largest absolute Gasteiger partial charge is 0.490 e. The fraction of sp³-hybridized carbons (Fsp3) is 0.130. The van der Waals surface area contributed by atoms with Crippen LogP contribution >= 0.6 is 34.0 Å². The van der Waals surface area contributed by atoms with Crippen molar-refractivity contribution in [2.24, 2.45) is 10.7 Å². The number of carboxylic acids is 1. The highest BCUT2D eigenvalue weighted by molar-refractivity contribution is 7.17. The zero-order valence-corrected chi connectivity index (χ0v) is 48.3. The van der Waals surface area contributed by atoms with Crippen LogP contribution in [-0.2, 0) is 19.6 Å². The number of aromatic amines is 5. The first-order valence-electron chi connectivity index (χ1n) is 25.4. The van der Waals surface area contributed by atoms with Gasteiger partial charge in [-0.1, -0.05) is 18.2 Å². The summed E-state index contributed by atoms with van der Waals surface area (Å²) in [7, 11) is 4.14. The Kier molecular flexibility index (Phi) is 19.5. The lowest BCUT2D eigenvalue weighted by molar-refractivity contribution is 0.0697. The smallest absolute Gasteiger partial charge is 0.338 e. The third kappa shape index (κ3) is 14.2. The average molecular weight is 1250 g/mol. The second kappa shape index (κ2) is 28.0. The number of ether oxygens (including phenoxy) is 3. The van der Waals surface area contributed by atoms with E-state index in [0.717, 1.165) is 34.0 Å². The number of carbonyl (C=O) groups is 3. The number of thiophene rings is 3. The molecule has 1 aliphatic rings. The van der Waals surface area contributed by atoms with Crippen molar-refractivity contribution >= 4 is 83.8 Å². The van der Waals surface area contributed by atoms with E-state index in [1.54, 1.807) is 83.9 Å². The number of rotatable bonds is 14. The van der Waals surface area contributed by atoms with Crippen LogP contribution in [-0.4, -0.2) is 120 Å². The molecule has 0 fully saturated rings. The van der Waals surface area contributed by atoms with Crippen molar-refractivity contribution in [3.8, 4) is 40.3 Å². The van der Waals surface area contributed by atoms with Gasteiger partial charge in [-0.05, 0) is 36.4 Å². The van der Waals surface area contributed by atoms with Crippen LogP contribution in [0.2, 0.25) is 0 Å². The highest BCUT2D eigenvalue weighted by Crippen LogP contribution is 2.37. The van der Waals surface area contributed by atoms with E-state index < -0.39 is 35.1 Å². The van der Waals surface area contributed by atoms with Gasteiger partial charge >= 0.3 is 5.97 Å². The van der Waals surface area contributed by atoms with Gasteiger partial charge in [-0.15, -0.1) is 34.0 Å². The van der Waals surface area contributed by atoms with E-state index in [1.165, 1.54) is 45.3 Å². The molecule has 12 N–H and O–H groups in total. The van der Waals surface area contributed by atoms with Gasteiger partial charge < -0.3 is 71.0 Å². The molecule has 0 bridgehead atoms. The van der Waals surface area contributed by atoms with Crippen molar-refractivity contribution in [3.05, 3.63) is 204 Å². The van der Waals surface area contributed by atoms with Gasteiger partial charge in [0.15, 0.2) is 23.7 Å². The number of hydrogen-bond donors (Lipinski definition) is 11. The summed E-state index contributed by atoms with van der Waals surface area (Å²) in [5, 5.41) is 31.9. The standard InChI is InChI=1S/2C18H14N6O4S.C12H9N3O3S.C6H9N3O2/c2*1-28-11-6-20-12(22-17(11)26)7-21-16(25)9-8-29-14-13(9)23-15(24-18(14)27)10-4-2-3-5-19-10;16-11-9-8(6(5-19-9)12(17)18)14-10(15-11)7-3-1-2-4-13-7;1-11-4-3-8-5(2-7)9-6(4)10/h2*2-6,8H,7H2,1H3,(H,21,25)(H,20,22,26)(H,23,24,27);1-5,11,16H,(H,14,15)(H,17,18);3H,2,7H2,1H3,(H,8,9,10). The summed E-state index contributed by atoms with van der Waals surface area (Å²) in [6.07, 6.45) is 7.62. The molecular weight excluding hydrogens is 1200 g/mol. The first-order chi connectivity index (χ1) is 42.6. The SMILES string of the molecule is COc1cnc(CN)[nH]c1=O.COc1cnc(CNC(=O)c2csc3c(=O)[nH]c(-c4ccccn4)nc23)[nH]c1=O.COc1cnc(CNC(=O)c2csc3c(=O)[nH]c(-c4ccccn4)nc23)[nH]c1=O.O=C(O)c1csc2c1NC(c1ccccn1)=NC2O. The number of H-pyrrole nitrogens is 5. The van der Waals surface area contributed by atoms with Gasteiger partial charge in [0.1, 0.15) is 55.0 Å². The number of methoxy groups -OCH3 is 3. The van der Waals surface area contributed by atoms with Crippen LogP contribution < -0.4 is 63.7 Å². The molecule has 88 heavy (non-hydrogen) atoms. The first-order valence-corrected chi connectivity index (χ1v) is 28.0. The van der Waals surface area contributed by atoms with Gasteiger partial charge in [-0.3, -0.25) is 48.5 Å². The number of carboxylic acid groups (broad SMARTS) is 1. The molecule has 0 radical (unpaired) electrons. The van der Waals surface area contributed by atoms with Crippen molar-refractivity contribution in [3.63, 3.8) is 0 Å². The molecule has 11 aromatic rings. The second-order valence-electron chi connectivity index (χ2n) is 17.6. The number of aliphatic hydroxyl groups is 1. The van der Waals surface area contributed by atoms with Crippen LogP contribution in [0.5, 0.6) is 17.2 Å². The summed E-state index contributed by atoms with van der Waals surface area (Å²) in [6.45, 7) is 0.205. The van der Waals surface area contributed by atoms with Crippen LogP contribution in [0, 0.1) is 0 Å². The summed E-state index contributed by atoms with van der Waals surface area (Å²) in [4.78, 5) is 146. The average Bonchev–Trinajstić information content (AvgIpc) is 1.98. The molecule has 1 unspecified atom stereocenters. The van der Waals surface area contributed by atoms with Crippen molar-refractivity contribution < 1.29 is 38.8 Å². The number of nitrogens with one attached hydrogen (secondary N) is 8. The molecule has 34 heteroatoms. The monoisotopic (exact) mass is 1250 g/mol. The van der Waals surface area contributed by atoms with Crippen molar-refractivity contribution in [2.75, 3.05) is 26.6 Å². The van der Waals surface area contributed by atoms with E-state index in [0.29, 0.717) is 48.7 Å². The molecule has 0 aromatic carbocycles. The summed E-state index contributed by atoms with van der Waals surface area (Å²) in [6, 6.07) is 15.8. The van der Waals surface area contributed by atoms with E-state index in [1.807, 2.05) is 0 Å². The molecular formula is C54H46N18O13S3. The van der Waals surface area contributed by atoms with Crippen LogP contribution in [0.3, 0.4) is 0 Å². The Morgan fingerprint density at radius 2 is 0.977 bits per heavy atom. The molecule has 1 aliphatic heterocycles. The van der Waals surface area contributed by atoms with E-state index >= 15 is 0 Å². The molecule has 11 aromatic heterocycles. The number of amides is 2. The molecule has 0 saturated carbocycles. The maximum atomic E-state index is 12.6. The molecule has 12 heterocycles. The van der Waals surface area contributed by atoms with Crippen molar-refractivity contribution in [2.45, 2.75) is 25.9 Å². The number of hydrogen-bond acceptors (Lipinski definition) is 26. The first kappa shape index (κ1) is 61.2. The molecule has 0 aliphatic carbocycles. The number of aliphatic hydroxyl groups excluding tert-OH is 1. The predicted octanol–water partition coefficient (Wildman–Crippen LogP) is 3.08. The lowest BCUT2D eigenvalue weighted by atomic mass is 10.2. The Morgan fingerprint density at radius 1 is 0.557 bits per heavy atom. The summed E-state index contributed by atoms with van der Waals surface area (Å²) < 4.78 is 15.1. The zero-order chi connectivity index (χ0) is 62.4. The fourth-order valence-corrected chi connectivity index (χ4v) is 10.4. The van der Waals surface area contributed by atoms with E-state index in [4.69, 9.17) is 25.1 Å².